The molecule has 0 spiro atoms. The lowest BCUT2D eigenvalue weighted by molar-refractivity contribution is 0.0215. The molecule has 3 aliphatic rings. The molecular formula is C27H26F2N2. The molecule has 2 unspecified atom stereocenters. The van der Waals surface area contributed by atoms with Crippen LogP contribution in [0.3, 0.4) is 0 Å². The SMILES string of the molecule is Fc1cc(F)cc(/C=N\C2C3CCN(CC3)C2C(c2ccccc2)c2ccccc2)c1. The molecular weight excluding hydrogens is 390 g/mol. The van der Waals surface area contributed by atoms with Crippen molar-refractivity contribution >= 4 is 6.21 Å². The van der Waals surface area contributed by atoms with Crippen LogP contribution in [0.15, 0.2) is 83.9 Å². The second-order valence-corrected chi connectivity index (χ2v) is 8.63. The monoisotopic (exact) mass is 416 g/mol. The van der Waals surface area contributed by atoms with E-state index >= 15 is 0 Å². The van der Waals surface area contributed by atoms with Crippen molar-refractivity contribution in [3.05, 3.63) is 107 Å². The number of benzene rings is 3. The van der Waals surface area contributed by atoms with Crippen LogP contribution in [-0.2, 0) is 0 Å². The van der Waals surface area contributed by atoms with E-state index in [-0.39, 0.29) is 18.0 Å². The van der Waals surface area contributed by atoms with E-state index in [2.05, 4.69) is 53.4 Å². The van der Waals surface area contributed by atoms with E-state index in [9.17, 15) is 8.78 Å². The normalized spacial score (nSPS) is 25.4. The lowest BCUT2D eigenvalue weighted by Crippen LogP contribution is -2.59. The van der Waals surface area contributed by atoms with Crippen LogP contribution >= 0.6 is 0 Å². The van der Waals surface area contributed by atoms with Crippen molar-refractivity contribution in [1.29, 1.82) is 0 Å². The van der Waals surface area contributed by atoms with Gasteiger partial charge in [-0.25, -0.2) is 8.78 Å². The average Bonchev–Trinajstić information content (AvgIpc) is 2.80. The van der Waals surface area contributed by atoms with E-state index in [4.69, 9.17) is 4.99 Å². The van der Waals surface area contributed by atoms with Gasteiger partial charge < -0.3 is 0 Å². The van der Waals surface area contributed by atoms with Gasteiger partial charge in [-0.1, -0.05) is 60.7 Å². The minimum atomic E-state index is -0.571. The van der Waals surface area contributed by atoms with Gasteiger partial charge in [0.25, 0.3) is 0 Å². The smallest absolute Gasteiger partial charge is 0.126 e. The summed E-state index contributed by atoms with van der Waals surface area (Å²) in [7, 11) is 0. The first-order valence-electron chi connectivity index (χ1n) is 11.0. The fraction of sp³-hybridized carbons (Fsp3) is 0.296. The number of fused-ring (bicyclic) bond motifs is 3. The zero-order valence-corrected chi connectivity index (χ0v) is 17.4. The molecule has 2 bridgehead atoms. The van der Waals surface area contributed by atoms with E-state index in [0.29, 0.717) is 11.5 Å². The molecule has 0 N–H and O–H groups in total. The van der Waals surface area contributed by atoms with Gasteiger partial charge >= 0.3 is 0 Å². The van der Waals surface area contributed by atoms with E-state index in [1.54, 1.807) is 6.21 Å². The number of hydrogen-bond acceptors (Lipinski definition) is 2. The van der Waals surface area contributed by atoms with E-state index < -0.39 is 11.6 Å². The summed E-state index contributed by atoms with van der Waals surface area (Å²) in [6.45, 7) is 2.15. The third-order valence-electron chi connectivity index (χ3n) is 6.77. The van der Waals surface area contributed by atoms with Crippen LogP contribution in [-0.4, -0.2) is 36.3 Å². The highest BCUT2D eigenvalue weighted by atomic mass is 19.1. The van der Waals surface area contributed by atoms with Gasteiger partial charge in [-0.3, -0.25) is 9.89 Å². The molecule has 0 amide bonds. The van der Waals surface area contributed by atoms with Gasteiger partial charge in [0.15, 0.2) is 0 Å². The Bertz CT molecular complexity index is 984. The summed E-state index contributed by atoms with van der Waals surface area (Å²) in [6.07, 6.45) is 3.90. The Morgan fingerprint density at radius 2 is 1.35 bits per heavy atom. The molecule has 0 radical (unpaired) electrons. The average molecular weight is 417 g/mol. The fourth-order valence-electron chi connectivity index (χ4n) is 5.40. The summed E-state index contributed by atoms with van der Waals surface area (Å²) < 4.78 is 27.4. The third kappa shape index (κ3) is 4.17. The molecule has 4 heteroatoms. The molecule has 2 nitrogen and oxygen atoms in total. The third-order valence-corrected chi connectivity index (χ3v) is 6.77. The number of piperidine rings is 3. The van der Waals surface area contributed by atoms with Gasteiger partial charge in [0.05, 0.1) is 6.04 Å². The van der Waals surface area contributed by atoms with Crippen LogP contribution in [0, 0.1) is 17.6 Å². The molecule has 158 valence electrons. The summed E-state index contributed by atoms with van der Waals surface area (Å²) in [4.78, 5) is 7.54. The number of aliphatic imine (C=N–C) groups is 1. The second-order valence-electron chi connectivity index (χ2n) is 8.63. The van der Waals surface area contributed by atoms with E-state index in [0.717, 1.165) is 32.0 Å². The zero-order valence-electron chi connectivity index (χ0n) is 17.4. The van der Waals surface area contributed by atoms with Crippen molar-refractivity contribution in [3.63, 3.8) is 0 Å². The predicted molar refractivity (Wildman–Crippen MR) is 121 cm³/mol. The summed E-state index contributed by atoms with van der Waals surface area (Å²) >= 11 is 0. The van der Waals surface area contributed by atoms with E-state index in [1.165, 1.54) is 23.3 Å². The Labute approximate surface area is 182 Å². The fourth-order valence-corrected chi connectivity index (χ4v) is 5.40. The molecule has 0 saturated carbocycles. The molecule has 0 aliphatic carbocycles. The molecule has 3 aromatic carbocycles. The minimum Gasteiger partial charge on any atom is -0.297 e. The van der Waals surface area contributed by atoms with Crippen molar-refractivity contribution in [3.8, 4) is 0 Å². The summed E-state index contributed by atoms with van der Waals surface area (Å²) in [5.41, 5.74) is 3.04. The van der Waals surface area contributed by atoms with Gasteiger partial charge in [0, 0.05) is 24.2 Å². The van der Waals surface area contributed by atoms with Crippen molar-refractivity contribution in [2.24, 2.45) is 10.9 Å². The van der Waals surface area contributed by atoms with Crippen LogP contribution in [0.1, 0.15) is 35.4 Å². The number of rotatable bonds is 5. The standard InChI is InChI=1S/C27H26F2N2/c28-23-15-19(16-24(29)17-23)18-30-26-22-11-13-31(14-12-22)27(26)25(20-7-3-1-4-8-20)21-9-5-2-6-10-21/h1-10,15-18,22,25-27H,11-14H2/b30-18-. The Kier molecular flexibility index (Phi) is 5.65. The summed E-state index contributed by atoms with van der Waals surface area (Å²) in [6, 6.07) is 25.1. The Hall–Kier alpha value is -2.85. The zero-order chi connectivity index (χ0) is 21.2. The topological polar surface area (TPSA) is 15.6 Å². The largest absolute Gasteiger partial charge is 0.297 e. The second kappa shape index (κ2) is 8.72. The first kappa shape index (κ1) is 20.1. The number of nitrogens with zero attached hydrogens (tertiary/aromatic N) is 2. The van der Waals surface area contributed by atoms with Crippen LogP contribution in [0.2, 0.25) is 0 Å². The van der Waals surface area contributed by atoms with Gasteiger partial charge in [0.2, 0.25) is 0 Å². The van der Waals surface area contributed by atoms with Crippen molar-refractivity contribution in [1.82, 2.24) is 4.90 Å². The van der Waals surface area contributed by atoms with Crippen LogP contribution in [0.5, 0.6) is 0 Å². The Morgan fingerprint density at radius 1 is 0.806 bits per heavy atom. The molecule has 3 heterocycles. The maximum atomic E-state index is 13.7. The lowest BCUT2D eigenvalue weighted by Gasteiger charge is -2.52. The van der Waals surface area contributed by atoms with Crippen LogP contribution < -0.4 is 0 Å². The summed E-state index contributed by atoms with van der Waals surface area (Å²) in [5, 5.41) is 0. The molecule has 31 heavy (non-hydrogen) atoms. The van der Waals surface area contributed by atoms with Crippen LogP contribution in [0.4, 0.5) is 8.78 Å². The highest BCUT2D eigenvalue weighted by Crippen LogP contribution is 2.43. The molecule has 3 aliphatic heterocycles. The van der Waals surface area contributed by atoms with Gasteiger partial charge in [-0.2, -0.15) is 0 Å². The number of halogens is 2. The van der Waals surface area contributed by atoms with Crippen molar-refractivity contribution in [2.45, 2.75) is 30.8 Å². The minimum absolute atomic E-state index is 0.0826. The maximum Gasteiger partial charge on any atom is 0.126 e. The predicted octanol–water partition coefficient (Wildman–Crippen LogP) is 5.68. The Balaban J connectivity index is 1.55. The molecule has 0 aromatic heterocycles. The quantitative estimate of drug-likeness (QED) is 0.489. The first-order chi connectivity index (χ1) is 15.2. The maximum absolute atomic E-state index is 13.7. The summed E-state index contributed by atoms with van der Waals surface area (Å²) in [5.74, 6) is -0.465. The molecule has 3 fully saturated rings. The van der Waals surface area contributed by atoms with Crippen LogP contribution in [0.25, 0.3) is 0 Å². The highest BCUT2D eigenvalue weighted by molar-refractivity contribution is 5.79. The Morgan fingerprint density at radius 3 is 1.90 bits per heavy atom. The van der Waals surface area contributed by atoms with Gasteiger partial charge in [-0.15, -0.1) is 0 Å². The molecule has 2 atom stereocenters. The van der Waals surface area contributed by atoms with Gasteiger partial charge in [0.1, 0.15) is 11.6 Å². The number of hydrogen-bond donors (Lipinski definition) is 0. The van der Waals surface area contributed by atoms with Crippen molar-refractivity contribution in [2.75, 3.05) is 13.1 Å². The highest BCUT2D eigenvalue weighted by Gasteiger charge is 2.46. The molecule has 3 aromatic rings. The van der Waals surface area contributed by atoms with Gasteiger partial charge in [-0.05, 0) is 60.7 Å². The molecule has 6 rings (SSSR count). The van der Waals surface area contributed by atoms with Crippen molar-refractivity contribution < 1.29 is 8.78 Å². The van der Waals surface area contributed by atoms with E-state index in [1.807, 2.05) is 12.1 Å². The lowest BCUT2D eigenvalue weighted by atomic mass is 9.71. The first-order valence-corrected chi connectivity index (χ1v) is 11.0. The molecule has 3 saturated heterocycles.